The molecule has 0 aliphatic heterocycles. The standard InChI is InChI=1S/C23H29.C5H5.2ClH.Zr/c1-14-9-17-12-16-11-15(2)19(22(3,4)5)13-18(16)21(17)20(10-14)23(6,7)8;1-2-4-5-3-1;;;/h9-10,13H,12H2,1-8H3;1-3H,4H2;2*1H;/q2*-1;;;+4/p-2. The first-order valence-electron chi connectivity index (χ1n) is 10.4. The van der Waals surface area contributed by atoms with E-state index in [2.05, 4.69) is 91.8 Å². The summed E-state index contributed by atoms with van der Waals surface area (Å²) in [7, 11) is 0. The molecule has 2 aromatic rings. The molecule has 0 N–H and O–H groups in total. The third-order valence-corrected chi connectivity index (χ3v) is 5.56. The molecule has 4 rings (SSSR count). The van der Waals surface area contributed by atoms with Crippen molar-refractivity contribution in [3.63, 3.8) is 0 Å². The average molecular weight is 533 g/mol. The minimum absolute atomic E-state index is 0. The molecule has 2 aliphatic carbocycles. The second-order valence-electron chi connectivity index (χ2n) is 10.2. The topological polar surface area (TPSA) is 0 Å². The maximum absolute atomic E-state index is 3.71. The van der Waals surface area contributed by atoms with Crippen molar-refractivity contribution in [3.05, 3.63) is 82.0 Å². The molecule has 0 saturated carbocycles. The number of halogens is 2. The van der Waals surface area contributed by atoms with Crippen LogP contribution in [0.5, 0.6) is 0 Å². The van der Waals surface area contributed by atoms with Crippen LogP contribution in [0.3, 0.4) is 0 Å². The second-order valence-corrected chi connectivity index (χ2v) is 10.2. The zero-order valence-electron chi connectivity index (χ0n) is 20.1. The van der Waals surface area contributed by atoms with Crippen LogP contribution in [0.2, 0.25) is 0 Å². The Morgan fingerprint density at radius 1 is 0.839 bits per heavy atom. The van der Waals surface area contributed by atoms with Crippen LogP contribution < -0.4 is 24.8 Å². The molecule has 31 heavy (non-hydrogen) atoms. The van der Waals surface area contributed by atoms with Gasteiger partial charge in [-0.1, -0.05) is 77.1 Å². The molecule has 0 spiro atoms. The summed E-state index contributed by atoms with van der Waals surface area (Å²) in [4.78, 5) is 0. The second kappa shape index (κ2) is 11.5. The Hall–Kier alpha value is -0.617. The molecule has 0 unspecified atom stereocenters. The Morgan fingerprint density at radius 3 is 1.90 bits per heavy atom. The molecule has 0 atom stereocenters. The molecular weight excluding hydrogens is 498 g/mol. The van der Waals surface area contributed by atoms with Gasteiger partial charge in [-0.25, -0.2) is 12.2 Å². The first-order valence-corrected chi connectivity index (χ1v) is 10.4. The minimum atomic E-state index is 0. The Balaban J connectivity index is 0.000000995. The van der Waals surface area contributed by atoms with Gasteiger partial charge in [-0.15, -0.1) is 23.1 Å². The molecule has 0 nitrogen and oxygen atoms in total. The van der Waals surface area contributed by atoms with E-state index in [9.17, 15) is 0 Å². The van der Waals surface area contributed by atoms with Crippen LogP contribution in [-0.4, -0.2) is 0 Å². The van der Waals surface area contributed by atoms with E-state index in [1.54, 1.807) is 0 Å². The van der Waals surface area contributed by atoms with Crippen LogP contribution in [0, 0.1) is 26.0 Å². The van der Waals surface area contributed by atoms with E-state index in [0.717, 1.165) is 12.8 Å². The Labute approximate surface area is 221 Å². The zero-order valence-corrected chi connectivity index (χ0v) is 24.1. The molecule has 0 fully saturated rings. The predicted molar refractivity (Wildman–Crippen MR) is 122 cm³/mol. The summed E-state index contributed by atoms with van der Waals surface area (Å²) >= 11 is 0. The molecule has 0 saturated heterocycles. The Morgan fingerprint density at radius 2 is 1.45 bits per heavy atom. The summed E-state index contributed by atoms with van der Waals surface area (Å²) in [6, 6.07) is 10.9. The van der Waals surface area contributed by atoms with Crippen molar-refractivity contribution < 1.29 is 51.0 Å². The van der Waals surface area contributed by atoms with E-state index in [0.29, 0.717) is 0 Å². The summed E-state index contributed by atoms with van der Waals surface area (Å²) in [6.07, 6.45) is 11.0. The van der Waals surface area contributed by atoms with Gasteiger partial charge in [-0.2, -0.15) is 23.8 Å². The van der Waals surface area contributed by atoms with Gasteiger partial charge in [0.25, 0.3) is 0 Å². The number of fused-ring (bicyclic) bond motifs is 3. The van der Waals surface area contributed by atoms with E-state index in [-0.39, 0.29) is 61.8 Å². The predicted octanol–water partition coefficient (Wildman–Crippen LogP) is 1.58. The van der Waals surface area contributed by atoms with E-state index < -0.39 is 0 Å². The molecule has 2 aromatic carbocycles. The van der Waals surface area contributed by atoms with Crippen LogP contribution in [0.1, 0.15) is 81.3 Å². The van der Waals surface area contributed by atoms with Crippen molar-refractivity contribution in [2.45, 2.75) is 79.1 Å². The van der Waals surface area contributed by atoms with Gasteiger partial charge in [-0.05, 0) is 29.9 Å². The molecular formula is C28H34Cl2Zr. The van der Waals surface area contributed by atoms with Crippen molar-refractivity contribution in [2.24, 2.45) is 0 Å². The number of allylic oxidation sites excluding steroid dienone is 4. The first kappa shape index (κ1) is 30.4. The van der Waals surface area contributed by atoms with Gasteiger partial charge in [-0.3, -0.25) is 6.08 Å². The number of aryl methyl sites for hydroxylation is 2. The van der Waals surface area contributed by atoms with E-state index >= 15 is 0 Å². The summed E-state index contributed by atoms with van der Waals surface area (Å²) in [6.45, 7) is 18.3. The smallest absolute Gasteiger partial charge is 1.00 e. The Bertz CT molecular complexity index is 944. The summed E-state index contributed by atoms with van der Waals surface area (Å²) in [5.74, 6) is 0. The first-order chi connectivity index (χ1) is 13.0. The molecule has 164 valence electrons. The van der Waals surface area contributed by atoms with E-state index in [1.807, 2.05) is 12.2 Å². The summed E-state index contributed by atoms with van der Waals surface area (Å²) in [5.41, 5.74) is 11.6. The quantitative estimate of drug-likeness (QED) is 0.386. The van der Waals surface area contributed by atoms with Gasteiger partial charge in [0.05, 0.1) is 0 Å². The number of hydrogen-bond donors (Lipinski definition) is 0. The summed E-state index contributed by atoms with van der Waals surface area (Å²) in [5, 5.41) is 0. The molecule has 0 heterocycles. The third kappa shape index (κ3) is 6.93. The van der Waals surface area contributed by atoms with Crippen molar-refractivity contribution in [3.8, 4) is 11.1 Å². The van der Waals surface area contributed by atoms with Crippen molar-refractivity contribution in [2.75, 3.05) is 0 Å². The molecule has 0 radical (unpaired) electrons. The minimum Gasteiger partial charge on any atom is -1.00 e. The Kier molecular flexibility index (Phi) is 11.3. The van der Waals surface area contributed by atoms with Gasteiger partial charge >= 0.3 is 26.2 Å². The monoisotopic (exact) mass is 530 g/mol. The van der Waals surface area contributed by atoms with Crippen LogP contribution in [0.25, 0.3) is 11.1 Å². The van der Waals surface area contributed by atoms with Crippen LogP contribution in [0.4, 0.5) is 0 Å². The fourth-order valence-electron chi connectivity index (χ4n) is 4.28. The van der Waals surface area contributed by atoms with E-state index in [4.69, 9.17) is 0 Å². The number of benzene rings is 2. The largest absolute Gasteiger partial charge is 4.00 e. The number of hydrogen-bond acceptors (Lipinski definition) is 0. The SMILES string of the molecule is Cc1cc2c(c(C(C)(C)C)c1)-c1cc(C(C)(C)C)c(C)[c-]c1C2.[C-]1=CC=CC1.[Cl-].[Cl-].[Zr+4]. The van der Waals surface area contributed by atoms with E-state index in [1.165, 1.54) is 44.5 Å². The van der Waals surface area contributed by atoms with Crippen molar-refractivity contribution in [1.82, 2.24) is 0 Å². The molecule has 3 heteroatoms. The van der Waals surface area contributed by atoms with Crippen LogP contribution in [0.15, 0.2) is 36.4 Å². The maximum atomic E-state index is 3.71. The van der Waals surface area contributed by atoms with Crippen LogP contribution in [-0.2, 0) is 43.5 Å². The van der Waals surface area contributed by atoms with Gasteiger partial charge in [0.1, 0.15) is 0 Å². The van der Waals surface area contributed by atoms with Gasteiger partial charge in [0.15, 0.2) is 0 Å². The molecule has 0 aromatic heterocycles. The fourth-order valence-corrected chi connectivity index (χ4v) is 4.28. The average Bonchev–Trinajstić information content (AvgIpc) is 3.21. The van der Waals surface area contributed by atoms with Gasteiger partial charge in [0, 0.05) is 0 Å². The molecule has 2 aliphatic rings. The number of rotatable bonds is 0. The summed E-state index contributed by atoms with van der Waals surface area (Å²) < 4.78 is 0. The maximum Gasteiger partial charge on any atom is 4.00 e. The van der Waals surface area contributed by atoms with Gasteiger partial charge < -0.3 is 24.8 Å². The van der Waals surface area contributed by atoms with Crippen LogP contribution >= 0.6 is 0 Å². The normalized spacial score (nSPS) is 13.2. The fraction of sp³-hybridized carbons (Fsp3) is 0.429. The van der Waals surface area contributed by atoms with Crippen molar-refractivity contribution >= 4 is 0 Å². The van der Waals surface area contributed by atoms with Gasteiger partial charge in [0.2, 0.25) is 0 Å². The van der Waals surface area contributed by atoms with Crippen molar-refractivity contribution in [1.29, 1.82) is 0 Å². The zero-order chi connectivity index (χ0) is 20.7. The molecule has 0 bridgehead atoms. The third-order valence-electron chi connectivity index (χ3n) is 5.56. The molecule has 0 amide bonds.